The number of halogens is 4. The summed E-state index contributed by atoms with van der Waals surface area (Å²) in [6, 6.07) is 17.8. The SMILES string of the molecule is NS(=O)(=O)c1cc(Nc2ccc(C(=O)Cc3ccccc3Cl)cc2)ccc1-n1cc(NC(=O)CC(F)(F)F)cn1. The molecule has 40 heavy (non-hydrogen) atoms. The van der Waals surface area contributed by atoms with Crippen molar-refractivity contribution in [2.24, 2.45) is 5.14 Å². The fraction of sp³-hybridized carbons (Fsp3) is 0.115. The van der Waals surface area contributed by atoms with Gasteiger partial charge in [0.25, 0.3) is 0 Å². The van der Waals surface area contributed by atoms with Crippen LogP contribution in [0, 0.1) is 0 Å². The van der Waals surface area contributed by atoms with E-state index in [1.165, 1.54) is 18.2 Å². The number of rotatable bonds is 9. The van der Waals surface area contributed by atoms with Crippen LogP contribution in [-0.2, 0) is 21.2 Å². The van der Waals surface area contributed by atoms with Gasteiger partial charge in [0, 0.05) is 28.4 Å². The van der Waals surface area contributed by atoms with Gasteiger partial charge in [0.1, 0.15) is 11.3 Å². The van der Waals surface area contributed by atoms with E-state index in [0.29, 0.717) is 27.5 Å². The summed E-state index contributed by atoms with van der Waals surface area (Å²) in [4.78, 5) is 23.9. The number of benzene rings is 3. The van der Waals surface area contributed by atoms with Crippen molar-refractivity contribution in [2.45, 2.75) is 23.9 Å². The quantitative estimate of drug-likeness (QED) is 0.228. The average molecular weight is 592 g/mol. The van der Waals surface area contributed by atoms with E-state index in [4.69, 9.17) is 16.7 Å². The highest BCUT2D eigenvalue weighted by Crippen LogP contribution is 2.27. The number of nitrogens with two attached hydrogens (primary N) is 1. The molecular weight excluding hydrogens is 571 g/mol. The molecule has 1 heterocycles. The molecule has 4 rings (SSSR count). The largest absolute Gasteiger partial charge is 0.397 e. The van der Waals surface area contributed by atoms with Gasteiger partial charge in [-0.25, -0.2) is 18.2 Å². The molecular formula is C26H21ClF3N5O4S. The van der Waals surface area contributed by atoms with Crippen molar-refractivity contribution in [3.63, 3.8) is 0 Å². The number of ketones is 1. The second-order valence-electron chi connectivity index (χ2n) is 8.63. The van der Waals surface area contributed by atoms with Gasteiger partial charge in [-0.3, -0.25) is 9.59 Å². The van der Waals surface area contributed by atoms with E-state index < -0.39 is 28.5 Å². The minimum absolute atomic E-state index is 0.00453. The Morgan fingerprint density at radius 3 is 2.30 bits per heavy atom. The highest BCUT2D eigenvalue weighted by atomic mass is 35.5. The Labute approximate surface area is 231 Å². The van der Waals surface area contributed by atoms with Crippen LogP contribution in [0.5, 0.6) is 0 Å². The Bertz CT molecular complexity index is 1670. The molecule has 208 valence electrons. The van der Waals surface area contributed by atoms with Gasteiger partial charge in [-0.1, -0.05) is 29.8 Å². The normalized spacial score (nSPS) is 11.7. The van der Waals surface area contributed by atoms with Crippen LogP contribution in [0.25, 0.3) is 5.69 Å². The highest BCUT2D eigenvalue weighted by Gasteiger charge is 2.31. The molecule has 0 atom stereocenters. The predicted octanol–water partition coefficient (Wildman–Crippen LogP) is 5.23. The summed E-state index contributed by atoms with van der Waals surface area (Å²) in [5.74, 6) is -1.43. The summed E-state index contributed by atoms with van der Waals surface area (Å²) in [7, 11) is -4.28. The number of hydrogen-bond acceptors (Lipinski definition) is 6. The summed E-state index contributed by atoms with van der Waals surface area (Å²) < 4.78 is 63.0. The van der Waals surface area contributed by atoms with Crippen molar-refractivity contribution in [2.75, 3.05) is 10.6 Å². The first-order valence-corrected chi connectivity index (χ1v) is 13.4. The fourth-order valence-electron chi connectivity index (χ4n) is 3.74. The van der Waals surface area contributed by atoms with E-state index in [9.17, 15) is 31.2 Å². The number of alkyl halides is 3. The third-order valence-electron chi connectivity index (χ3n) is 5.54. The molecule has 0 unspecified atom stereocenters. The molecule has 3 aromatic carbocycles. The second-order valence-corrected chi connectivity index (χ2v) is 10.6. The maximum Gasteiger partial charge on any atom is 0.397 e. The molecule has 1 aromatic heterocycles. The monoisotopic (exact) mass is 591 g/mol. The summed E-state index contributed by atoms with van der Waals surface area (Å²) in [5, 5.41) is 14.9. The maximum atomic E-state index is 12.6. The van der Waals surface area contributed by atoms with Gasteiger partial charge in [-0.15, -0.1) is 0 Å². The number of carbonyl (C=O) groups is 2. The zero-order valence-corrected chi connectivity index (χ0v) is 22.0. The van der Waals surface area contributed by atoms with Gasteiger partial charge in [-0.05, 0) is 54.1 Å². The number of Topliss-reactive ketones (excluding diaryl/α,β-unsaturated/α-hetero) is 1. The van der Waals surface area contributed by atoms with E-state index in [1.54, 1.807) is 48.5 Å². The lowest BCUT2D eigenvalue weighted by molar-refractivity contribution is -0.150. The van der Waals surface area contributed by atoms with Crippen molar-refractivity contribution >= 4 is 50.4 Å². The van der Waals surface area contributed by atoms with E-state index in [1.807, 2.05) is 0 Å². The van der Waals surface area contributed by atoms with Crippen molar-refractivity contribution < 1.29 is 31.2 Å². The van der Waals surface area contributed by atoms with E-state index in [0.717, 1.165) is 17.1 Å². The Kier molecular flexibility index (Phi) is 8.28. The Morgan fingerprint density at radius 2 is 1.65 bits per heavy atom. The Balaban J connectivity index is 1.50. The van der Waals surface area contributed by atoms with Crippen LogP contribution >= 0.6 is 11.6 Å². The molecule has 0 saturated carbocycles. The van der Waals surface area contributed by atoms with Gasteiger partial charge in [0.15, 0.2) is 5.78 Å². The van der Waals surface area contributed by atoms with Crippen LogP contribution in [0.15, 0.2) is 84.0 Å². The first-order chi connectivity index (χ1) is 18.8. The predicted molar refractivity (Wildman–Crippen MR) is 143 cm³/mol. The van der Waals surface area contributed by atoms with Gasteiger partial charge >= 0.3 is 6.18 Å². The molecule has 0 spiro atoms. The molecule has 0 aliphatic carbocycles. The highest BCUT2D eigenvalue weighted by molar-refractivity contribution is 7.89. The number of nitrogens with zero attached hydrogens (tertiary/aromatic N) is 2. The lowest BCUT2D eigenvalue weighted by Crippen LogP contribution is -2.20. The molecule has 4 aromatic rings. The van der Waals surface area contributed by atoms with Crippen LogP contribution < -0.4 is 15.8 Å². The molecule has 1 amide bonds. The number of aromatic nitrogens is 2. The molecule has 0 bridgehead atoms. The van der Waals surface area contributed by atoms with Crippen molar-refractivity contribution in [1.82, 2.24) is 9.78 Å². The number of amides is 1. The molecule has 4 N–H and O–H groups in total. The molecule has 0 radical (unpaired) electrons. The second kappa shape index (κ2) is 11.5. The Morgan fingerprint density at radius 1 is 0.975 bits per heavy atom. The minimum Gasteiger partial charge on any atom is -0.355 e. The van der Waals surface area contributed by atoms with Gasteiger partial charge in [-0.2, -0.15) is 18.3 Å². The third kappa shape index (κ3) is 7.46. The number of primary sulfonamides is 1. The minimum atomic E-state index is -4.68. The van der Waals surface area contributed by atoms with Gasteiger partial charge < -0.3 is 10.6 Å². The van der Waals surface area contributed by atoms with Crippen LogP contribution in [0.1, 0.15) is 22.3 Å². The van der Waals surface area contributed by atoms with E-state index in [2.05, 4.69) is 15.7 Å². The summed E-state index contributed by atoms with van der Waals surface area (Å²) in [6.45, 7) is 0. The van der Waals surface area contributed by atoms with Crippen LogP contribution in [0.4, 0.5) is 30.2 Å². The van der Waals surface area contributed by atoms with Crippen LogP contribution in [-0.4, -0.2) is 36.1 Å². The fourth-order valence-corrected chi connectivity index (χ4v) is 4.69. The number of hydrogen-bond donors (Lipinski definition) is 3. The average Bonchev–Trinajstić information content (AvgIpc) is 3.32. The van der Waals surface area contributed by atoms with Crippen LogP contribution in [0.2, 0.25) is 5.02 Å². The van der Waals surface area contributed by atoms with Gasteiger partial charge in [0.2, 0.25) is 15.9 Å². The van der Waals surface area contributed by atoms with E-state index >= 15 is 0 Å². The summed E-state index contributed by atoms with van der Waals surface area (Å²) >= 11 is 6.14. The van der Waals surface area contributed by atoms with Crippen LogP contribution in [0.3, 0.4) is 0 Å². The molecule has 14 heteroatoms. The zero-order chi connectivity index (χ0) is 29.1. The number of sulfonamides is 1. The molecule has 0 aliphatic rings. The van der Waals surface area contributed by atoms with Gasteiger partial charge in [0.05, 0.1) is 23.8 Å². The Hall–Kier alpha value is -4.20. The topological polar surface area (TPSA) is 136 Å². The lowest BCUT2D eigenvalue weighted by Gasteiger charge is -2.12. The smallest absolute Gasteiger partial charge is 0.355 e. The molecule has 0 saturated heterocycles. The number of carbonyl (C=O) groups excluding carboxylic acids is 2. The molecule has 9 nitrogen and oxygen atoms in total. The van der Waals surface area contributed by atoms with Crippen molar-refractivity contribution in [3.8, 4) is 5.69 Å². The maximum absolute atomic E-state index is 12.6. The first-order valence-electron chi connectivity index (χ1n) is 11.5. The molecule has 0 fully saturated rings. The van der Waals surface area contributed by atoms with Crippen molar-refractivity contribution in [3.05, 3.63) is 95.3 Å². The number of anilines is 3. The van der Waals surface area contributed by atoms with Crippen molar-refractivity contribution in [1.29, 1.82) is 0 Å². The first kappa shape index (κ1) is 28.8. The lowest BCUT2D eigenvalue weighted by atomic mass is 10.0. The van der Waals surface area contributed by atoms with E-state index in [-0.39, 0.29) is 28.5 Å². The zero-order valence-electron chi connectivity index (χ0n) is 20.4. The summed E-state index contributed by atoms with van der Waals surface area (Å²) in [6.07, 6.45) is -4.01. The summed E-state index contributed by atoms with van der Waals surface area (Å²) in [5.41, 5.74) is 2.00. The molecule has 0 aliphatic heterocycles. The number of nitrogens with one attached hydrogen (secondary N) is 2. The standard InChI is InChI=1S/C26H21ClF3N5O4S/c27-21-4-2-1-3-17(21)11-23(36)16-5-7-18(8-6-16)33-19-9-10-22(24(12-19)40(31,38)39)35-15-20(14-32-35)34-25(37)13-26(28,29)30/h1-10,12,14-15,33H,11,13H2,(H,34,37)(H2,31,38,39). The third-order valence-corrected chi connectivity index (χ3v) is 6.85.